The van der Waals surface area contributed by atoms with Crippen LogP contribution in [-0.4, -0.2) is 0 Å². The van der Waals surface area contributed by atoms with Crippen LogP contribution in [0, 0.1) is 24.1 Å². The van der Waals surface area contributed by atoms with Gasteiger partial charge >= 0.3 is 0 Å². The van der Waals surface area contributed by atoms with Crippen LogP contribution in [-0.2, 0) is 13.1 Å². The zero-order chi connectivity index (χ0) is 13.0. The standard InChI is InChI=1S/C14H13FN2S/c1-10-2-4-13(18-10)9-17-8-11-3-5-14(15)12(6-11)7-16/h2-6,17H,8-9H2,1H3. The summed E-state index contributed by atoms with van der Waals surface area (Å²) in [6, 6.07) is 10.7. The summed E-state index contributed by atoms with van der Waals surface area (Å²) in [7, 11) is 0. The summed E-state index contributed by atoms with van der Waals surface area (Å²) in [5, 5.41) is 12.0. The summed E-state index contributed by atoms with van der Waals surface area (Å²) in [6.07, 6.45) is 0. The normalized spacial score (nSPS) is 10.3. The molecule has 2 aromatic rings. The van der Waals surface area contributed by atoms with Crippen molar-refractivity contribution >= 4 is 11.3 Å². The van der Waals surface area contributed by atoms with Gasteiger partial charge in [0.1, 0.15) is 11.9 Å². The van der Waals surface area contributed by atoms with Crippen molar-refractivity contribution in [2.75, 3.05) is 0 Å². The van der Waals surface area contributed by atoms with E-state index in [1.165, 1.54) is 15.8 Å². The van der Waals surface area contributed by atoms with Gasteiger partial charge in [-0.05, 0) is 36.8 Å². The lowest BCUT2D eigenvalue weighted by molar-refractivity contribution is 0.621. The Morgan fingerprint density at radius 2 is 2.11 bits per heavy atom. The number of thiophene rings is 1. The van der Waals surface area contributed by atoms with E-state index < -0.39 is 5.82 Å². The number of rotatable bonds is 4. The highest BCUT2D eigenvalue weighted by atomic mass is 32.1. The van der Waals surface area contributed by atoms with Gasteiger partial charge in [0.05, 0.1) is 5.56 Å². The number of hydrogen-bond acceptors (Lipinski definition) is 3. The first kappa shape index (κ1) is 12.7. The smallest absolute Gasteiger partial charge is 0.140 e. The number of benzene rings is 1. The first-order chi connectivity index (χ1) is 8.69. The molecule has 0 bridgehead atoms. The number of halogens is 1. The van der Waals surface area contributed by atoms with Crippen LogP contribution in [0.2, 0.25) is 0 Å². The molecular formula is C14H13FN2S. The Kier molecular flexibility index (Phi) is 4.08. The topological polar surface area (TPSA) is 35.8 Å². The van der Waals surface area contributed by atoms with Gasteiger partial charge in [-0.15, -0.1) is 11.3 Å². The lowest BCUT2D eigenvalue weighted by atomic mass is 10.1. The molecule has 0 aliphatic rings. The number of aryl methyl sites for hydroxylation is 1. The van der Waals surface area contributed by atoms with Gasteiger partial charge < -0.3 is 5.32 Å². The van der Waals surface area contributed by atoms with E-state index in [9.17, 15) is 4.39 Å². The number of nitrogens with one attached hydrogen (secondary N) is 1. The quantitative estimate of drug-likeness (QED) is 0.915. The van der Waals surface area contributed by atoms with Crippen molar-refractivity contribution in [1.29, 1.82) is 5.26 Å². The molecule has 0 saturated carbocycles. The minimum absolute atomic E-state index is 0.0984. The van der Waals surface area contributed by atoms with E-state index in [0.29, 0.717) is 6.54 Å². The van der Waals surface area contributed by atoms with Crippen LogP contribution in [0.15, 0.2) is 30.3 Å². The van der Waals surface area contributed by atoms with Crippen LogP contribution in [0.5, 0.6) is 0 Å². The van der Waals surface area contributed by atoms with Gasteiger partial charge in [0.15, 0.2) is 0 Å². The molecule has 2 rings (SSSR count). The first-order valence-electron chi connectivity index (χ1n) is 5.63. The maximum Gasteiger partial charge on any atom is 0.140 e. The highest BCUT2D eigenvalue weighted by Gasteiger charge is 2.02. The molecule has 0 spiro atoms. The van der Waals surface area contributed by atoms with E-state index >= 15 is 0 Å². The molecule has 2 nitrogen and oxygen atoms in total. The van der Waals surface area contributed by atoms with Crippen molar-refractivity contribution in [1.82, 2.24) is 5.32 Å². The summed E-state index contributed by atoms with van der Waals surface area (Å²) < 4.78 is 13.1. The first-order valence-corrected chi connectivity index (χ1v) is 6.45. The van der Waals surface area contributed by atoms with Crippen LogP contribution >= 0.6 is 11.3 Å². The predicted octanol–water partition coefficient (Wildman–Crippen LogP) is 3.36. The highest BCUT2D eigenvalue weighted by Crippen LogP contribution is 2.15. The minimum Gasteiger partial charge on any atom is -0.308 e. The number of nitriles is 1. The van der Waals surface area contributed by atoms with Crippen LogP contribution in [0.1, 0.15) is 20.9 Å². The van der Waals surface area contributed by atoms with Crippen LogP contribution in [0.4, 0.5) is 4.39 Å². The largest absolute Gasteiger partial charge is 0.308 e. The molecular weight excluding hydrogens is 247 g/mol. The van der Waals surface area contributed by atoms with Gasteiger partial charge in [-0.25, -0.2) is 4.39 Å². The lowest BCUT2D eigenvalue weighted by Gasteiger charge is -2.04. The molecule has 92 valence electrons. The summed E-state index contributed by atoms with van der Waals surface area (Å²) in [5.41, 5.74) is 1.02. The third kappa shape index (κ3) is 3.16. The third-order valence-electron chi connectivity index (χ3n) is 2.58. The van der Waals surface area contributed by atoms with Crippen molar-refractivity contribution in [2.24, 2.45) is 0 Å². The van der Waals surface area contributed by atoms with Crippen LogP contribution in [0.3, 0.4) is 0 Å². The van der Waals surface area contributed by atoms with Crippen molar-refractivity contribution in [3.05, 3.63) is 57.0 Å². The Morgan fingerprint density at radius 1 is 1.28 bits per heavy atom. The SMILES string of the molecule is Cc1ccc(CNCc2ccc(F)c(C#N)c2)s1. The van der Waals surface area contributed by atoms with E-state index in [0.717, 1.165) is 12.1 Å². The van der Waals surface area contributed by atoms with Gasteiger partial charge in [0, 0.05) is 22.8 Å². The Balaban J connectivity index is 1.93. The average Bonchev–Trinajstić information content (AvgIpc) is 2.77. The van der Waals surface area contributed by atoms with Crippen LogP contribution < -0.4 is 5.32 Å². The molecule has 4 heteroatoms. The molecule has 0 unspecified atom stereocenters. The van der Waals surface area contributed by atoms with Crippen molar-refractivity contribution < 1.29 is 4.39 Å². The van der Waals surface area contributed by atoms with E-state index in [4.69, 9.17) is 5.26 Å². The minimum atomic E-state index is -0.463. The number of hydrogen-bond donors (Lipinski definition) is 1. The third-order valence-corrected chi connectivity index (χ3v) is 3.58. The Hall–Kier alpha value is -1.70. The molecule has 0 saturated heterocycles. The molecule has 0 aliphatic heterocycles. The molecule has 1 aromatic heterocycles. The van der Waals surface area contributed by atoms with Crippen molar-refractivity contribution in [3.8, 4) is 6.07 Å². The zero-order valence-electron chi connectivity index (χ0n) is 10.0. The second kappa shape index (κ2) is 5.76. The van der Waals surface area contributed by atoms with E-state index in [1.807, 2.05) is 6.07 Å². The second-order valence-corrected chi connectivity index (χ2v) is 5.41. The molecule has 0 radical (unpaired) electrons. The molecule has 1 N–H and O–H groups in total. The van der Waals surface area contributed by atoms with Gasteiger partial charge in [0.2, 0.25) is 0 Å². The van der Waals surface area contributed by atoms with E-state index in [2.05, 4.69) is 24.4 Å². The second-order valence-electron chi connectivity index (χ2n) is 4.04. The molecule has 1 aromatic carbocycles. The average molecular weight is 260 g/mol. The predicted molar refractivity (Wildman–Crippen MR) is 70.7 cm³/mol. The molecule has 0 fully saturated rings. The fourth-order valence-corrected chi connectivity index (χ4v) is 2.54. The molecule has 0 amide bonds. The number of nitrogens with zero attached hydrogens (tertiary/aromatic N) is 1. The van der Waals surface area contributed by atoms with E-state index in [-0.39, 0.29) is 5.56 Å². The van der Waals surface area contributed by atoms with Crippen molar-refractivity contribution in [3.63, 3.8) is 0 Å². The summed E-state index contributed by atoms with van der Waals surface area (Å²) in [5.74, 6) is -0.463. The highest BCUT2D eigenvalue weighted by molar-refractivity contribution is 7.11. The monoisotopic (exact) mass is 260 g/mol. The molecule has 18 heavy (non-hydrogen) atoms. The molecule has 1 heterocycles. The Labute approximate surface area is 110 Å². The maximum atomic E-state index is 13.1. The Bertz CT molecular complexity index is 584. The summed E-state index contributed by atoms with van der Waals surface area (Å²) >= 11 is 1.76. The maximum absolute atomic E-state index is 13.1. The van der Waals surface area contributed by atoms with Gasteiger partial charge in [-0.2, -0.15) is 5.26 Å². The van der Waals surface area contributed by atoms with Crippen molar-refractivity contribution in [2.45, 2.75) is 20.0 Å². The summed E-state index contributed by atoms with van der Waals surface area (Å²) in [6.45, 7) is 3.50. The van der Waals surface area contributed by atoms with Gasteiger partial charge in [-0.3, -0.25) is 0 Å². The molecule has 0 atom stereocenters. The fourth-order valence-electron chi connectivity index (χ4n) is 1.68. The summed E-state index contributed by atoms with van der Waals surface area (Å²) in [4.78, 5) is 2.57. The lowest BCUT2D eigenvalue weighted by Crippen LogP contribution is -2.11. The van der Waals surface area contributed by atoms with Gasteiger partial charge in [-0.1, -0.05) is 6.07 Å². The van der Waals surface area contributed by atoms with Crippen LogP contribution in [0.25, 0.3) is 0 Å². The van der Waals surface area contributed by atoms with E-state index in [1.54, 1.807) is 23.5 Å². The van der Waals surface area contributed by atoms with Gasteiger partial charge in [0.25, 0.3) is 0 Å². The zero-order valence-corrected chi connectivity index (χ0v) is 10.9. The fraction of sp³-hybridized carbons (Fsp3) is 0.214. The molecule has 0 aliphatic carbocycles. The Morgan fingerprint density at radius 3 is 2.78 bits per heavy atom.